The summed E-state index contributed by atoms with van der Waals surface area (Å²) in [7, 11) is 0. The highest BCUT2D eigenvalue weighted by atomic mass is 16.5. The van der Waals surface area contributed by atoms with Crippen molar-refractivity contribution in [1.29, 1.82) is 0 Å². The number of rotatable bonds is 6. The molecule has 2 aromatic carbocycles. The normalized spacial score (nSPS) is 21.0. The van der Waals surface area contributed by atoms with Gasteiger partial charge < -0.3 is 14.9 Å². The fraction of sp³-hybridized carbons (Fsp3) is 0.350. The maximum absolute atomic E-state index is 10.7. The second-order valence-electron chi connectivity index (χ2n) is 6.40. The van der Waals surface area contributed by atoms with E-state index in [1.165, 1.54) is 5.56 Å². The molecule has 0 radical (unpaired) electrons. The second-order valence-corrected chi connectivity index (χ2v) is 6.40. The summed E-state index contributed by atoms with van der Waals surface area (Å²) in [5, 5.41) is 19.4. The Bertz CT molecular complexity index is 704. The number of likely N-dealkylation sites (tertiary alicyclic amines) is 1. The third-order valence-corrected chi connectivity index (χ3v) is 4.61. The number of hydrogen-bond donors (Lipinski definition) is 2. The number of nitrogens with zero attached hydrogens (tertiary/aromatic N) is 1. The van der Waals surface area contributed by atoms with Crippen molar-refractivity contribution in [2.24, 2.45) is 0 Å². The summed E-state index contributed by atoms with van der Waals surface area (Å²) in [5.74, 6) is -0.241. The summed E-state index contributed by atoms with van der Waals surface area (Å²) in [5.41, 5.74) is 2.12. The van der Waals surface area contributed by atoms with E-state index in [1.807, 2.05) is 36.4 Å². The predicted octanol–water partition coefficient (Wildman–Crippen LogP) is 2.50. The van der Waals surface area contributed by atoms with Crippen LogP contribution in [0.1, 0.15) is 23.5 Å². The Morgan fingerprint density at radius 3 is 2.56 bits per heavy atom. The van der Waals surface area contributed by atoms with Crippen LogP contribution < -0.4 is 4.74 Å². The van der Waals surface area contributed by atoms with Crippen molar-refractivity contribution in [3.8, 4) is 5.75 Å². The summed E-state index contributed by atoms with van der Waals surface area (Å²) < 4.78 is 5.37. The number of aliphatic hydroxyl groups excluding tert-OH is 1. The lowest BCUT2D eigenvalue weighted by atomic mass is 9.87. The molecule has 1 saturated heterocycles. The first kappa shape index (κ1) is 17.5. The van der Waals surface area contributed by atoms with Crippen molar-refractivity contribution < 1.29 is 19.7 Å². The van der Waals surface area contributed by atoms with Gasteiger partial charge in [0, 0.05) is 24.6 Å². The number of carboxylic acid groups (broad SMARTS) is 1. The van der Waals surface area contributed by atoms with Gasteiger partial charge in [-0.05, 0) is 24.6 Å². The molecule has 2 N–H and O–H groups in total. The van der Waals surface area contributed by atoms with Crippen molar-refractivity contribution in [2.45, 2.75) is 25.0 Å². The fourth-order valence-electron chi connectivity index (χ4n) is 3.39. The van der Waals surface area contributed by atoms with Gasteiger partial charge in [-0.1, -0.05) is 48.5 Å². The molecule has 132 valence electrons. The molecule has 0 spiro atoms. The first-order chi connectivity index (χ1) is 12.1. The molecule has 2 atom stereocenters. The van der Waals surface area contributed by atoms with E-state index in [-0.39, 0.29) is 12.5 Å². The van der Waals surface area contributed by atoms with E-state index < -0.39 is 12.1 Å². The number of piperidine rings is 1. The molecule has 5 nitrogen and oxygen atoms in total. The lowest BCUT2D eigenvalue weighted by molar-refractivity contribution is -0.139. The molecule has 1 aliphatic rings. The molecule has 3 rings (SSSR count). The van der Waals surface area contributed by atoms with Crippen LogP contribution in [0.2, 0.25) is 0 Å². The van der Waals surface area contributed by atoms with Gasteiger partial charge in [0.15, 0.2) is 6.61 Å². The fourth-order valence-corrected chi connectivity index (χ4v) is 3.39. The molecular weight excluding hydrogens is 318 g/mol. The number of benzene rings is 2. The SMILES string of the molecule is O=C(O)COc1ccccc1CN1CC[C@H](c2ccccc2)[C@H](O)C1. The number of β-amino-alcohol motifs (C(OH)–C–C–N with tert-alkyl or cyclic N) is 1. The summed E-state index contributed by atoms with van der Waals surface area (Å²) in [6.07, 6.45) is 0.479. The van der Waals surface area contributed by atoms with Crippen molar-refractivity contribution in [1.82, 2.24) is 4.90 Å². The monoisotopic (exact) mass is 341 g/mol. The van der Waals surface area contributed by atoms with Crippen molar-refractivity contribution >= 4 is 5.97 Å². The molecule has 0 saturated carbocycles. The number of carbonyl (C=O) groups is 1. The molecule has 0 bridgehead atoms. The zero-order valence-corrected chi connectivity index (χ0v) is 14.0. The Balaban J connectivity index is 1.63. The van der Waals surface area contributed by atoms with Crippen LogP contribution in [0.5, 0.6) is 5.75 Å². The molecule has 0 aromatic heterocycles. The number of aliphatic hydroxyl groups is 1. The number of carboxylic acids is 1. The molecule has 5 heteroatoms. The average Bonchev–Trinajstić information content (AvgIpc) is 2.62. The van der Waals surface area contributed by atoms with Crippen LogP contribution in [0, 0.1) is 0 Å². The van der Waals surface area contributed by atoms with Crippen LogP contribution in [-0.4, -0.2) is 46.9 Å². The summed E-state index contributed by atoms with van der Waals surface area (Å²) in [6, 6.07) is 17.6. The predicted molar refractivity (Wildman–Crippen MR) is 94.7 cm³/mol. The molecule has 25 heavy (non-hydrogen) atoms. The van der Waals surface area contributed by atoms with Gasteiger partial charge in [-0.3, -0.25) is 4.90 Å². The quantitative estimate of drug-likeness (QED) is 0.845. The highest BCUT2D eigenvalue weighted by Gasteiger charge is 2.29. The lowest BCUT2D eigenvalue weighted by Crippen LogP contribution is -2.42. The van der Waals surface area contributed by atoms with E-state index in [0.29, 0.717) is 18.8 Å². The summed E-state index contributed by atoms with van der Waals surface area (Å²) in [4.78, 5) is 12.9. The maximum atomic E-state index is 10.7. The first-order valence-electron chi connectivity index (χ1n) is 8.51. The number of ether oxygens (including phenoxy) is 1. The third kappa shape index (κ3) is 4.59. The van der Waals surface area contributed by atoms with E-state index in [0.717, 1.165) is 18.5 Å². The number of aliphatic carboxylic acids is 1. The van der Waals surface area contributed by atoms with Gasteiger partial charge in [0.05, 0.1) is 6.10 Å². The molecule has 2 aromatic rings. The maximum Gasteiger partial charge on any atom is 0.341 e. The Morgan fingerprint density at radius 2 is 1.84 bits per heavy atom. The van der Waals surface area contributed by atoms with Gasteiger partial charge in [-0.25, -0.2) is 4.79 Å². The van der Waals surface area contributed by atoms with Crippen LogP contribution in [0.4, 0.5) is 0 Å². The topological polar surface area (TPSA) is 70.0 Å². The van der Waals surface area contributed by atoms with Crippen LogP contribution in [-0.2, 0) is 11.3 Å². The van der Waals surface area contributed by atoms with Gasteiger partial charge in [0.25, 0.3) is 0 Å². The largest absolute Gasteiger partial charge is 0.482 e. The Labute approximate surface area is 147 Å². The lowest BCUT2D eigenvalue weighted by Gasteiger charge is -2.36. The van der Waals surface area contributed by atoms with Crippen molar-refractivity contribution in [3.63, 3.8) is 0 Å². The number of hydrogen-bond acceptors (Lipinski definition) is 4. The van der Waals surface area contributed by atoms with E-state index in [9.17, 15) is 9.90 Å². The van der Waals surface area contributed by atoms with Crippen LogP contribution in [0.15, 0.2) is 54.6 Å². The van der Waals surface area contributed by atoms with E-state index in [4.69, 9.17) is 9.84 Å². The zero-order chi connectivity index (χ0) is 17.6. The van der Waals surface area contributed by atoms with Crippen LogP contribution >= 0.6 is 0 Å². The summed E-state index contributed by atoms with van der Waals surface area (Å²) >= 11 is 0. The minimum atomic E-state index is -0.992. The van der Waals surface area contributed by atoms with Crippen LogP contribution in [0.3, 0.4) is 0 Å². The van der Waals surface area contributed by atoms with E-state index in [2.05, 4.69) is 17.0 Å². The molecule has 1 heterocycles. The third-order valence-electron chi connectivity index (χ3n) is 4.61. The second kappa shape index (κ2) is 8.14. The highest BCUT2D eigenvalue weighted by Crippen LogP contribution is 2.30. The molecular formula is C20H23NO4. The molecule has 0 unspecified atom stereocenters. The molecule has 1 aliphatic heterocycles. The Kier molecular flexibility index (Phi) is 5.68. The van der Waals surface area contributed by atoms with Gasteiger partial charge in [0.1, 0.15) is 5.75 Å². The molecule has 0 aliphatic carbocycles. The van der Waals surface area contributed by atoms with Crippen molar-refractivity contribution in [2.75, 3.05) is 19.7 Å². The first-order valence-corrected chi connectivity index (χ1v) is 8.51. The minimum Gasteiger partial charge on any atom is -0.482 e. The summed E-state index contributed by atoms with van der Waals surface area (Å²) in [6.45, 7) is 1.75. The molecule has 0 amide bonds. The molecule has 1 fully saturated rings. The minimum absolute atomic E-state index is 0.163. The van der Waals surface area contributed by atoms with E-state index in [1.54, 1.807) is 6.07 Å². The van der Waals surface area contributed by atoms with Crippen LogP contribution in [0.25, 0.3) is 0 Å². The number of para-hydroxylation sites is 1. The zero-order valence-electron chi connectivity index (χ0n) is 14.0. The smallest absolute Gasteiger partial charge is 0.341 e. The Morgan fingerprint density at radius 1 is 1.12 bits per heavy atom. The van der Waals surface area contributed by atoms with Gasteiger partial charge in [0.2, 0.25) is 0 Å². The van der Waals surface area contributed by atoms with Gasteiger partial charge in [-0.2, -0.15) is 0 Å². The van der Waals surface area contributed by atoms with Crippen molar-refractivity contribution in [3.05, 3.63) is 65.7 Å². The highest BCUT2D eigenvalue weighted by molar-refractivity contribution is 5.68. The average molecular weight is 341 g/mol. The van der Waals surface area contributed by atoms with Gasteiger partial charge >= 0.3 is 5.97 Å². The van der Waals surface area contributed by atoms with E-state index >= 15 is 0 Å². The van der Waals surface area contributed by atoms with Gasteiger partial charge in [-0.15, -0.1) is 0 Å². The Hall–Kier alpha value is -2.37. The standard InChI is InChI=1S/C20H23NO4/c22-18-13-21(11-10-17(18)15-6-2-1-3-7-15)12-16-8-4-5-9-19(16)25-14-20(23)24/h1-9,17-18,22H,10-14H2,(H,23,24)/t17-,18-/m1/s1.